The minimum Gasteiger partial charge on any atom is -0.302 e. The summed E-state index contributed by atoms with van der Waals surface area (Å²) in [5.74, 6) is 0. The highest BCUT2D eigenvalue weighted by Crippen LogP contribution is 2.05. The second-order valence-corrected chi connectivity index (χ2v) is 4.74. The van der Waals surface area contributed by atoms with E-state index in [1.165, 1.54) is 71.4 Å². The molecule has 2 nitrogen and oxygen atoms in total. The molecule has 0 amide bonds. The molecule has 15 heavy (non-hydrogen) atoms. The van der Waals surface area contributed by atoms with Crippen molar-refractivity contribution in [3.05, 3.63) is 0 Å². The Morgan fingerprint density at radius 3 is 1.60 bits per heavy atom. The zero-order chi connectivity index (χ0) is 10.9. The predicted octanol–water partition coefficient (Wildman–Crippen LogP) is 2.59. The predicted molar refractivity (Wildman–Crippen MR) is 67.3 cm³/mol. The molecule has 1 rings (SSSR count). The Morgan fingerprint density at radius 2 is 1.20 bits per heavy atom. The van der Waals surface area contributed by atoms with Crippen LogP contribution in [0.4, 0.5) is 0 Å². The van der Waals surface area contributed by atoms with E-state index in [2.05, 4.69) is 23.6 Å². The summed E-state index contributed by atoms with van der Waals surface area (Å²) in [4.78, 5) is 5.30. The molecule has 1 aliphatic rings. The van der Waals surface area contributed by atoms with Crippen LogP contribution in [0, 0.1) is 0 Å². The van der Waals surface area contributed by atoms with E-state index in [1.807, 2.05) is 0 Å². The van der Waals surface area contributed by atoms with Crippen LogP contribution in [0.1, 0.15) is 46.0 Å². The Hall–Kier alpha value is -0.0800. The first kappa shape index (κ1) is 13.0. The fourth-order valence-electron chi connectivity index (χ4n) is 2.24. The second kappa shape index (κ2) is 8.12. The topological polar surface area (TPSA) is 6.48 Å². The van der Waals surface area contributed by atoms with Crippen LogP contribution in [0.5, 0.6) is 0 Å². The highest BCUT2D eigenvalue weighted by Gasteiger charge is 2.13. The summed E-state index contributed by atoms with van der Waals surface area (Å²) in [7, 11) is 0. The Morgan fingerprint density at radius 1 is 0.733 bits per heavy atom. The Balaban J connectivity index is 2.16. The van der Waals surface area contributed by atoms with Gasteiger partial charge in [-0.05, 0) is 45.4 Å². The molecule has 1 aliphatic heterocycles. The molecule has 0 radical (unpaired) electrons. The average molecular weight is 212 g/mol. The fraction of sp³-hybridized carbons (Fsp3) is 1.00. The van der Waals surface area contributed by atoms with Gasteiger partial charge in [0.15, 0.2) is 0 Å². The van der Waals surface area contributed by atoms with E-state index < -0.39 is 0 Å². The summed E-state index contributed by atoms with van der Waals surface area (Å²) in [6.45, 7) is 12.4. The molecule has 0 unspecified atom stereocenters. The van der Waals surface area contributed by atoms with Crippen LogP contribution in [0.2, 0.25) is 0 Å². The molecule has 0 aromatic heterocycles. The number of hydrogen-bond acceptors (Lipinski definition) is 2. The van der Waals surface area contributed by atoms with Gasteiger partial charge in [-0.3, -0.25) is 0 Å². The van der Waals surface area contributed by atoms with E-state index in [0.29, 0.717) is 0 Å². The molecule has 1 saturated heterocycles. The normalized spacial score (nSPS) is 20.4. The van der Waals surface area contributed by atoms with Gasteiger partial charge in [-0.1, -0.05) is 26.7 Å². The van der Waals surface area contributed by atoms with Crippen molar-refractivity contribution in [2.75, 3.05) is 39.3 Å². The Labute approximate surface area is 95.6 Å². The highest BCUT2D eigenvalue weighted by molar-refractivity contribution is 4.69. The van der Waals surface area contributed by atoms with Crippen LogP contribution in [-0.2, 0) is 0 Å². The second-order valence-electron chi connectivity index (χ2n) is 4.74. The van der Waals surface area contributed by atoms with Crippen LogP contribution in [0.15, 0.2) is 0 Å². The first-order chi connectivity index (χ1) is 7.36. The van der Waals surface area contributed by atoms with E-state index in [4.69, 9.17) is 0 Å². The summed E-state index contributed by atoms with van der Waals surface area (Å²) in [6.07, 6.45) is 6.77. The lowest BCUT2D eigenvalue weighted by Crippen LogP contribution is -2.31. The zero-order valence-electron chi connectivity index (χ0n) is 10.7. The molecular formula is C13H28N2. The molecule has 1 heterocycles. The zero-order valence-corrected chi connectivity index (χ0v) is 10.7. The standard InChI is InChI=1S/C13H28N2/c1-3-5-8-14-10-7-11-15(13-12-14)9-6-4-2/h3-13H2,1-2H3. The molecule has 1 fully saturated rings. The van der Waals surface area contributed by atoms with Crippen molar-refractivity contribution in [1.29, 1.82) is 0 Å². The lowest BCUT2D eigenvalue weighted by Gasteiger charge is -2.21. The van der Waals surface area contributed by atoms with Crippen molar-refractivity contribution in [3.63, 3.8) is 0 Å². The number of nitrogens with zero attached hydrogens (tertiary/aromatic N) is 2. The van der Waals surface area contributed by atoms with Gasteiger partial charge in [-0.25, -0.2) is 0 Å². The molecule has 0 N–H and O–H groups in total. The van der Waals surface area contributed by atoms with Crippen molar-refractivity contribution < 1.29 is 0 Å². The van der Waals surface area contributed by atoms with Crippen LogP contribution in [0.25, 0.3) is 0 Å². The maximum Gasteiger partial charge on any atom is 0.0109 e. The fourth-order valence-corrected chi connectivity index (χ4v) is 2.24. The van der Waals surface area contributed by atoms with Gasteiger partial charge in [0, 0.05) is 13.1 Å². The van der Waals surface area contributed by atoms with Crippen LogP contribution in [0.3, 0.4) is 0 Å². The minimum absolute atomic E-state index is 1.30. The molecule has 0 bridgehead atoms. The van der Waals surface area contributed by atoms with Gasteiger partial charge in [0.25, 0.3) is 0 Å². The lowest BCUT2D eigenvalue weighted by atomic mass is 10.3. The third-order valence-corrected chi connectivity index (χ3v) is 3.34. The van der Waals surface area contributed by atoms with E-state index >= 15 is 0 Å². The van der Waals surface area contributed by atoms with Gasteiger partial charge in [0.2, 0.25) is 0 Å². The van der Waals surface area contributed by atoms with Gasteiger partial charge in [0.05, 0.1) is 0 Å². The molecule has 0 saturated carbocycles. The molecule has 0 spiro atoms. The molecule has 0 aliphatic carbocycles. The van der Waals surface area contributed by atoms with Gasteiger partial charge >= 0.3 is 0 Å². The summed E-state index contributed by atoms with van der Waals surface area (Å²) in [5, 5.41) is 0. The number of unbranched alkanes of at least 4 members (excludes halogenated alkanes) is 2. The molecule has 0 aromatic rings. The van der Waals surface area contributed by atoms with Crippen molar-refractivity contribution in [1.82, 2.24) is 9.80 Å². The smallest absolute Gasteiger partial charge is 0.0109 e. The quantitative estimate of drug-likeness (QED) is 0.668. The Kier molecular flexibility index (Phi) is 7.03. The van der Waals surface area contributed by atoms with Gasteiger partial charge < -0.3 is 9.80 Å². The monoisotopic (exact) mass is 212 g/mol. The molecule has 90 valence electrons. The third kappa shape index (κ3) is 5.53. The van der Waals surface area contributed by atoms with E-state index in [0.717, 1.165) is 0 Å². The average Bonchev–Trinajstić information content (AvgIpc) is 2.49. The van der Waals surface area contributed by atoms with Crippen LogP contribution >= 0.6 is 0 Å². The highest BCUT2D eigenvalue weighted by atomic mass is 15.2. The minimum atomic E-state index is 1.30. The van der Waals surface area contributed by atoms with Crippen LogP contribution in [-0.4, -0.2) is 49.1 Å². The van der Waals surface area contributed by atoms with Gasteiger partial charge in [-0.15, -0.1) is 0 Å². The van der Waals surface area contributed by atoms with Gasteiger partial charge in [-0.2, -0.15) is 0 Å². The van der Waals surface area contributed by atoms with Crippen molar-refractivity contribution >= 4 is 0 Å². The van der Waals surface area contributed by atoms with E-state index in [1.54, 1.807) is 0 Å². The summed E-state index contributed by atoms with van der Waals surface area (Å²) in [5.41, 5.74) is 0. The van der Waals surface area contributed by atoms with Crippen molar-refractivity contribution in [3.8, 4) is 0 Å². The molecule has 0 aromatic carbocycles. The van der Waals surface area contributed by atoms with E-state index in [-0.39, 0.29) is 0 Å². The lowest BCUT2D eigenvalue weighted by molar-refractivity contribution is 0.252. The van der Waals surface area contributed by atoms with Crippen LogP contribution < -0.4 is 0 Å². The first-order valence-electron chi connectivity index (χ1n) is 6.81. The van der Waals surface area contributed by atoms with E-state index in [9.17, 15) is 0 Å². The van der Waals surface area contributed by atoms with Crippen molar-refractivity contribution in [2.45, 2.75) is 46.0 Å². The SMILES string of the molecule is CCCCN1CCCN(CCCC)CC1. The Bertz CT molecular complexity index is 131. The number of hydrogen-bond donors (Lipinski definition) is 0. The summed E-state index contributed by atoms with van der Waals surface area (Å²) in [6, 6.07) is 0. The van der Waals surface area contributed by atoms with Crippen molar-refractivity contribution in [2.24, 2.45) is 0 Å². The maximum atomic E-state index is 2.65. The molecule has 2 heteroatoms. The maximum absolute atomic E-state index is 2.65. The third-order valence-electron chi connectivity index (χ3n) is 3.34. The molecular weight excluding hydrogens is 184 g/mol. The molecule has 0 atom stereocenters. The first-order valence-corrected chi connectivity index (χ1v) is 6.81. The summed E-state index contributed by atoms with van der Waals surface area (Å²) < 4.78 is 0. The largest absolute Gasteiger partial charge is 0.302 e. The van der Waals surface area contributed by atoms with Gasteiger partial charge in [0.1, 0.15) is 0 Å². The summed E-state index contributed by atoms with van der Waals surface area (Å²) >= 11 is 0. The number of rotatable bonds is 6.